The number of nitrogens with one attached hydrogen (secondary N) is 2. The predicted octanol–water partition coefficient (Wildman–Crippen LogP) is 3.86. The number of hydrogen-bond acceptors (Lipinski definition) is 8. The van der Waals surface area contributed by atoms with E-state index in [9.17, 15) is 9.59 Å². The predicted molar refractivity (Wildman–Crippen MR) is 135 cm³/mol. The van der Waals surface area contributed by atoms with Crippen molar-refractivity contribution in [1.82, 2.24) is 30.2 Å². The number of benzene rings is 1. The number of aromatic nitrogens is 4. The number of anilines is 2. The zero-order chi connectivity index (χ0) is 28.5. The molecule has 4 rings (SSSR count). The lowest BCUT2D eigenvalue weighted by Gasteiger charge is -2.30. The summed E-state index contributed by atoms with van der Waals surface area (Å²) in [5.41, 5.74) is 1.81. The molecule has 36 heavy (non-hydrogen) atoms. The van der Waals surface area contributed by atoms with Gasteiger partial charge in [-0.3, -0.25) is 9.48 Å². The van der Waals surface area contributed by atoms with E-state index in [4.69, 9.17) is 30.3 Å². The Labute approximate surface area is 217 Å². The Morgan fingerprint density at radius 2 is 1.97 bits per heavy atom. The third kappa shape index (κ3) is 5.35. The molecular weight excluding hydrogens is 486 g/mol. The highest BCUT2D eigenvalue weighted by molar-refractivity contribution is 6.29. The molecule has 2 N–H and O–H groups in total. The molecule has 1 aromatic carbocycles. The molecule has 0 fully saturated rings. The van der Waals surface area contributed by atoms with Gasteiger partial charge in [0.2, 0.25) is 0 Å². The van der Waals surface area contributed by atoms with Gasteiger partial charge in [-0.2, -0.15) is 5.10 Å². The Morgan fingerprint density at radius 1 is 1.17 bits per heavy atom. The summed E-state index contributed by atoms with van der Waals surface area (Å²) in [6, 6.07) is 8.53. The first-order chi connectivity index (χ1) is 18.2. The van der Waals surface area contributed by atoms with E-state index >= 15 is 0 Å². The minimum atomic E-state index is -2.72. The lowest BCUT2D eigenvalue weighted by Crippen LogP contribution is -2.41. The second-order valence-electron chi connectivity index (χ2n) is 9.04. The van der Waals surface area contributed by atoms with Crippen molar-refractivity contribution >= 4 is 35.0 Å². The normalized spacial score (nSPS) is 14.7. The fraction of sp³-hybridized carbons (Fsp3) is 0.375. The van der Waals surface area contributed by atoms with Crippen LogP contribution in [0.4, 0.5) is 16.2 Å². The molecule has 1 aliphatic heterocycles. The van der Waals surface area contributed by atoms with Crippen molar-refractivity contribution in [3.8, 4) is 17.0 Å². The van der Waals surface area contributed by atoms with Crippen LogP contribution in [-0.4, -0.2) is 63.1 Å². The number of rotatable bonds is 5. The van der Waals surface area contributed by atoms with E-state index in [1.54, 1.807) is 17.0 Å². The van der Waals surface area contributed by atoms with Crippen LogP contribution in [0.25, 0.3) is 11.3 Å². The lowest BCUT2D eigenvalue weighted by atomic mass is 10.1. The fourth-order valence-electron chi connectivity index (χ4n) is 3.77. The van der Waals surface area contributed by atoms with E-state index in [1.807, 2.05) is 42.9 Å². The van der Waals surface area contributed by atoms with Crippen molar-refractivity contribution in [2.75, 3.05) is 25.9 Å². The SMILES string of the molecule is [2H]C([2H])([2H])NC(=O)c1nnc(Cl)cc1Nc1cccc(-c2cc3n(n2)CCN(C(=O)OC(C)(C)C)C3)c1OC. The van der Waals surface area contributed by atoms with E-state index in [-0.39, 0.29) is 22.6 Å². The van der Waals surface area contributed by atoms with Crippen LogP contribution in [0.2, 0.25) is 5.15 Å². The van der Waals surface area contributed by atoms with Gasteiger partial charge < -0.3 is 25.0 Å². The topological polar surface area (TPSA) is 124 Å². The third-order valence-corrected chi connectivity index (χ3v) is 5.49. The zero-order valence-electron chi connectivity index (χ0n) is 23.3. The van der Waals surface area contributed by atoms with Crippen LogP contribution in [0.3, 0.4) is 0 Å². The second-order valence-corrected chi connectivity index (χ2v) is 9.43. The summed E-state index contributed by atoms with van der Waals surface area (Å²) in [6.07, 6.45) is -0.386. The van der Waals surface area contributed by atoms with Crippen molar-refractivity contribution in [2.45, 2.75) is 39.5 Å². The van der Waals surface area contributed by atoms with Gasteiger partial charge in [0.1, 0.15) is 5.60 Å². The average molecular weight is 517 g/mol. The van der Waals surface area contributed by atoms with E-state index in [0.717, 1.165) is 5.69 Å². The minimum Gasteiger partial charge on any atom is -0.494 e. The summed E-state index contributed by atoms with van der Waals surface area (Å²) in [6.45, 7) is 4.05. The summed E-state index contributed by atoms with van der Waals surface area (Å²) in [4.78, 5) is 26.7. The molecule has 0 saturated heterocycles. The lowest BCUT2D eigenvalue weighted by molar-refractivity contribution is 0.0194. The van der Waals surface area contributed by atoms with Gasteiger partial charge in [0, 0.05) is 29.3 Å². The molecule has 0 spiro atoms. The van der Waals surface area contributed by atoms with Crippen LogP contribution in [0.5, 0.6) is 5.75 Å². The first kappa shape index (κ1) is 21.4. The van der Waals surface area contributed by atoms with E-state index in [0.29, 0.717) is 42.3 Å². The van der Waals surface area contributed by atoms with Gasteiger partial charge >= 0.3 is 6.09 Å². The number of fused-ring (bicyclic) bond motifs is 1. The molecule has 0 bridgehead atoms. The first-order valence-electron chi connectivity index (χ1n) is 12.6. The van der Waals surface area contributed by atoms with Crippen molar-refractivity contribution in [2.24, 2.45) is 0 Å². The van der Waals surface area contributed by atoms with E-state index in [1.165, 1.54) is 13.2 Å². The van der Waals surface area contributed by atoms with Gasteiger partial charge in [-0.05, 0) is 39.0 Å². The Morgan fingerprint density at radius 3 is 2.69 bits per heavy atom. The van der Waals surface area contributed by atoms with Crippen LogP contribution in [0.1, 0.15) is 41.1 Å². The summed E-state index contributed by atoms with van der Waals surface area (Å²) < 4.78 is 35.0. The van der Waals surface area contributed by atoms with Crippen LogP contribution >= 0.6 is 11.6 Å². The largest absolute Gasteiger partial charge is 0.494 e. The molecule has 190 valence electrons. The first-order valence-corrected chi connectivity index (χ1v) is 11.5. The van der Waals surface area contributed by atoms with Crippen LogP contribution in [0.15, 0.2) is 30.3 Å². The molecule has 0 unspecified atom stereocenters. The van der Waals surface area contributed by atoms with Gasteiger partial charge in [-0.25, -0.2) is 4.79 Å². The quantitative estimate of drug-likeness (QED) is 0.524. The number of ether oxygens (including phenoxy) is 2. The molecule has 0 saturated carbocycles. The van der Waals surface area contributed by atoms with Crippen LogP contribution < -0.4 is 15.4 Å². The Kier molecular flexibility index (Phi) is 5.96. The monoisotopic (exact) mass is 516 g/mol. The smallest absolute Gasteiger partial charge is 0.410 e. The molecule has 1 aliphatic rings. The number of carbonyl (C=O) groups is 2. The molecule has 0 radical (unpaired) electrons. The second kappa shape index (κ2) is 10.0. The number of amides is 2. The van der Waals surface area contributed by atoms with Crippen LogP contribution in [0, 0.1) is 0 Å². The van der Waals surface area contributed by atoms with Crippen molar-refractivity contribution < 1.29 is 23.2 Å². The van der Waals surface area contributed by atoms with E-state index < -0.39 is 18.5 Å². The fourth-order valence-corrected chi connectivity index (χ4v) is 3.92. The highest BCUT2D eigenvalue weighted by atomic mass is 35.5. The number of halogens is 1. The number of para-hydroxylation sites is 1. The Balaban J connectivity index is 1.63. The molecule has 11 nitrogen and oxygen atoms in total. The highest BCUT2D eigenvalue weighted by Gasteiger charge is 2.27. The molecule has 3 aromatic rings. The minimum absolute atomic E-state index is 0.00521. The maximum Gasteiger partial charge on any atom is 0.410 e. The van der Waals surface area contributed by atoms with Crippen molar-refractivity contribution in [3.63, 3.8) is 0 Å². The average Bonchev–Trinajstić information content (AvgIpc) is 3.25. The number of hydrogen-bond donors (Lipinski definition) is 2. The summed E-state index contributed by atoms with van der Waals surface area (Å²) >= 11 is 6.01. The van der Waals surface area contributed by atoms with Gasteiger partial charge in [-0.1, -0.05) is 17.7 Å². The standard InChI is InChI=1S/C24H28ClN7O4/c1-24(2,3)36-23(34)31-9-10-32-14(13-31)11-17(30-32)15-7-6-8-16(21(15)35-5)27-18-12-19(25)28-29-20(18)22(33)26-4/h6-8,11-12H,9-10,13H2,1-5H3,(H,26,33)(H,27,28)/i4D3. The maximum atomic E-state index is 12.6. The third-order valence-electron chi connectivity index (χ3n) is 5.31. The Bertz CT molecular complexity index is 1410. The molecule has 0 aliphatic carbocycles. The van der Waals surface area contributed by atoms with Gasteiger partial charge in [0.25, 0.3) is 5.91 Å². The molecule has 2 amide bonds. The highest BCUT2D eigenvalue weighted by Crippen LogP contribution is 2.38. The summed E-state index contributed by atoms with van der Waals surface area (Å²) in [5.74, 6) is -0.542. The molecule has 2 aromatic heterocycles. The number of carbonyl (C=O) groups excluding carboxylic acids is 2. The number of methoxy groups -OCH3 is 1. The molecule has 3 heterocycles. The molecule has 0 atom stereocenters. The van der Waals surface area contributed by atoms with Crippen LogP contribution in [-0.2, 0) is 17.8 Å². The molecular formula is C24H28ClN7O4. The summed E-state index contributed by atoms with van der Waals surface area (Å²) in [7, 11) is 1.49. The summed E-state index contributed by atoms with van der Waals surface area (Å²) in [5, 5.41) is 17.1. The van der Waals surface area contributed by atoms with Crippen molar-refractivity contribution in [3.05, 3.63) is 46.9 Å². The Hall–Kier alpha value is -3.86. The van der Waals surface area contributed by atoms with Crippen molar-refractivity contribution in [1.29, 1.82) is 0 Å². The zero-order valence-corrected chi connectivity index (χ0v) is 21.0. The number of nitrogens with zero attached hydrogens (tertiary/aromatic N) is 5. The maximum absolute atomic E-state index is 12.6. The molecule has 12 heteroatoms. The van der Waals surface area contributed by atoms with Gasteiger partial charge in [0.05, 0.1) is 43.0 Å². The van der Waals surface area contributed by atoms with Gasteiger partial charge in [-0.15, -0.1) is 10.2 Å². The van der Waals surface area contributed by atoms with Gasteiger partial charge in [0.15, 0.2) is 16.6 Å². The van der Waals surface area contributed by atoms with E-state index in [2.05, 4.69) is 15.5 Å².